The van der Waals surface area contributed by atoms with Crippen LogP contribution in [-0.2, 0) is 6.42 Å². The summed E-state index contributed by atoms with van der Waals surface area (Å²) < 4.78 is 0. The summed E-state index contributed by atoms with van der Waals surface area (Å²) in [6.07, 6.45) is 2.31. The molecule has 0 atom stereocenters. The number of carboxylic acids is 1. The number of carbonyl (C=O) groups is 1. The van der Waals surface area contributed by atoms with Gasteiger partial charge < -0.3 is 10.4 Å². The van der Waals surface area contributed by atoms with Crippen LogP contribution in [0.2, 0.25) is 0 Å². The Morgan fingerprint density at radius 2 is 2.00 bits per heavy atom. The lowest BCUT2D eigenvalue weighted by Gasteiger charge is -2.08. The molecule has 1 aromatic heterocycles. The average molecular weight is 271 g/mol. The normalized spacial score (nSPS) is 10.3. The van der Waals surface area contributed by atoms with Crippen LogP contribution in [0.5, 0.6) is 0 Å². The molecule has 1 heterocycles. The van der Waals surface area contributed by atoms with Crippen LogP contribution in [0.3, 0.4) is 0 Å². The van der Waals surface area contributed by atoms with Gasteiger partial charge in [-0.25, -0.2) is 9.78 Å². The lowest BCUT2D eigenvalue weighted by atomic mass is 10.0. The van der Waals surface area contributed by atoms with Gasteiger partial charge in [-0.1, -0.05) is 18.2 Å². The number of anilines is 1. The van der Waals surface area contributed by atoms with Gasteiger partial charge in [0.2, 0.25) is 0 Å². The first-order valence-electron chi connectivity index (χ1n) is 6.43. The Labute approximate surface area is 117 Å². The molecule has 20 heavy (non-hydrogen) atoms. The fourth-order valence-corrected chi connectivity index (χ4v) is 1.90. The quantitative estimate of drug-likeness (QED) is 0.873. The molecule has 1 aromatic carbocycles. The molecule has 0 aliphatic rings. The number of nitrogens with zero attached hydrogens (tertiary/aromatic N) is 2. The van der Waals surface area contributed by atoms with Gasteiger partial charge in [0, 0.05) is 6.54 Å². The smallest absolute Gasteiger partial charge is 0.335 e. The van der Waals surface area contributed by atoms with Crippen LogP contribution >= 0.6 is 0 Å². The van der Waals surface area contributed by atoms with E-state index in [0.717, 1.165) is 17.0 Å². The first-order valence-corrected chi connectivity index (χ1v) is 6.43. The van der Waals surface area contributed by atoms with E-state index in [0.29, 0.717) is 24.3 Å². The summed E-state index contributed by atoms with van der Waals surface area (Å²) in [5.41, 5.74) is 2.96. The van der Waals surface area contributed by atoms with Crippen molar-refractivity contribution in [3.63, 3.8) is 0 Å². The van der Waals surface area contributed by atoms with Crippen molar-refractivity contribution in [2.75, 3.05) is 11.9 Å². The first-order chi connectivity index (χ1) is 9.58. The summed E-state index contributed by atoms with van der Waals surface area (Å²) in [5.74, 6) is -0.188. The molecule has 2 N–H and O–H groups in total. The summed E-state index contributed by atoms with van der Waals surface area (Å²) in [7, 11) is 0. The number of aryl methyl sites for hydroxylation is 2. The van der Waals surface area contributed by atoms with Crippen LogP contribution < -0.4 is 5.32 Å². The minimum absolute atomic E-state index is 0.348. The van der Waals surface area contributed by atoms with Crippen molar-refractivity contribution in [1.82, 2.24) is 9.97 Å². The first kappa shape index (κ1) is 14.0. The van der Waals surface area contributed by atoms with E-state index in [1.54, 1.807) is 18.3 Å². The lowest BCUT2D eigenvalue weighted by molar-refractivity contribution is 0.0695. The van der Waals surface area contributed by atoms with E-state index in [1.165, 1.54) is 0 Å². The van der Waals surface area contributed by atoms with Crippen molar-refractivity contribution in [3.05, 3.63) is 53.0 Å². The molecule has 0 fully saturated rings. The molecule has 0 spiro atoms. The lowest BCUT2D eigenvalue weighted by Crippen LogP contribution is -2.10. The van der Waals surface area contributed by atoms with E-state index in [9.17, 15) is 4.79 Å². The highest BCUT2D eigenvalue weighted by atomic mass is 16.4. The number of hydrogen-bond acceptors (Lipinski definition) is 4. The number of carboxylic acid groups (broad SMARTS) is 1. The summed E-state index contributed by atoms with van der Waals surface area (Å²) in [6, 6.07) is 7.03. The van der Waals surface area contributed by atoms with Gasteiger partial charge >= 0.3 is 5.97 Å². The number of nitrogens with one attached hydrogen (secondary N) is 1. The predicted molar refractivity (Wildman–Crippen MR) is 77.1 cm³/mol. The number of aromatic nitrogens is 2. The number of hydrogen-bond donors (Lipinski definition) is 2. The molecule has 0 amide bonds. The largest absolute Gasteiger partial charge is 0.478 e. The molecular weight excluding hydrogens is 254 g/mol. The zero-order valence-electron chi connectivity index (χ0n) is 11.6. The molecule has 0 radical (unpaired) electrons. The zero-order valence-corrected chi connectivity index (χ0v) is 11.6. The Hall–Kier alpha value is -2.43. The Morgan fingerprint density at radius 1 is 1.25 bits per heavy atom. The van der Waals surface area contributed by atoms with Crippen molar-refractivity contribution in [3.8, 4) is 0 Å². The zero-order chi connectivity index (χ0) is 14.5. The average Bonchev–Trinajstić information content (AvgIpc) is 2.43. The van der Waals surface area contributed by atoms with E-state index in [4.69, 9.17) is 5.11 Å². The maximum absolute atomic E-state index is 11.1. The molecule has 104 valence electrons. The number of benzene rings is 1. The second-order valence-corrected chi connectivity index (χ2v) is 4.57. The molecule has 0 saturated carbocycles. The summed E-state index contributed by atoms with van der Waals surface area (Å²) in [5, 5.41) is 12.3. The van der Waals surface area contributed by atoms with Crippen LogP contribution in [0.25, 0.3) is 0 Å². The molecule has 2 aromatic rings. The number of aromatic carboxylic acids is 1. The second-order valence-electron chi connectivity index (χ2n) is 4.57. The van der Waals surface area contributed by atoms with Gasteiger partial charge in [0.25, 0.3) is 0 Å². The van der Waals surface area contributed by atoms with E-state index in [-0.39, 0.29) is 0 Å². The van der Waals surface area contributed by atoms with Crippen LogP contribution in [0.1, 0.15) is 27.3 Å². The molecule has 0 saturated heterocycles. The summed E-state index contributed by atoms with van der Waals surface area (Å²) in [6.45, 7) is 4.43. The highest BCUT2D eigenvalue weighted by molar-refractivity contribution is 5.89. The Bertz CT molecular complexity index is 626. The SMILES string of the molecule is Cc1ncc(NCCc2ccccc2C(=O)O)nc1C. The maximum Gasteiger partial charge on any atom is 0.335 e. The van der Waals surface area contributed by atoms with Crippen LogP contribution in [0.15, 0.2) is 30.5 Å². The van der Waals surface area contributed by atoms with E-state index in [2.05, 4.69) is 15.3 Å². The van der Waals surface area contributed by atoms with Gasteiger partial charge in [0.15, 0.2) is 0 Å². The Kier molecular flexibility index (Phi) is 4.30. The molecule has 2 rings (SSSR count). The third-order valence-corrected chi connectivity index (χ3v) is 3.14. The van der Waals surface area contributed by atoms with Crippen molar-refractivity contribution in [2.24, 2.45) is 0 Å². The maximum atomic E-state index is 11.1. The second kappa shape index (κ2) is 6.14. The third kappa shape index (κ3) is 3.32. The molecule has 0 aliphatic heterocycles. The Balaban J connectivity index is 1.99. The van der Waals surface area contributed by atoms with Crippen molar-refractivity contribution in [1.29, 1.82) is 0 Å². The van der Waals surface area contributed by atoms with Crippen LogP contribution in [0, 0.1) is 13.8 Å². The Morgan fingerprint density at radius 3 is 2.70 bits per heavy atom. The molecule has 5 nitrogen and oxygen atoms in total. The van der Waals surface area contributed by atoms with Gasteiger partial charge in [0.05, 0.1) is 23.1 Å². The fourth-order valence-electron chi connectivity index (χ4n) is 1.90. The fraction of sp³-hybridized carbons (Fsp3) is 0.267. The van der Waals surface area contributed by atoms with Crippen molar-refractivity contribution in [2.45, 2.75) is 20.3 Å². The van der Waals surface area contributed by atoms with Crippen LogP contribution in [0.4, 0.5) is 5.82 Å². The molecule has 5 heteroatoms. The van der Waals surface area contributed by atoms with E-state index in [1.807, 2.05) is 26.0 Å². The minimum Gasteiger partial charge on any atom is -0.478 e. The monoisotopic (exact) mass is 271 g/mol. The van der Waals surface area contributed by atoms with Gasteiger partial charge in [0.1, 0.15) is 5.82 Å². The van der Waals surface area contributed by atoms with Crippen molar-refractivity contribution >= 4 is 11.8 Å². The highest BCUT2D eigenvalue weighted by Gasteiger charge is 2.08. The van der Waals surface area contributed by atoms with Gasteiger partial charge in [-0.2, -0.15) is 0 Å². The molecular formula is C15H17N3O2. The van der Waals surface area contributed by atoms with Crippen LogP contribution in [-0.4, -0.2) is 27.6 Å². The summed E-state index contributed by atoms with van der Waals surface area (Å²) in [4.78, 5) is 19.7. The van der Waals surface area contributed by atoms with Crippen molar-refractivity contribution < 1.29 is 9.90 Å². The van der Waals surface area contributed by atoms with E-state index < -0.39 is 5.97 Å². The molecule has 0 aliphatic carbocycles. The summed E-state index contributed by atoms with van der Waals surface area (Å²) >= 11 is 0. The van der Waals surface area contributed by atoms with Gasteiger partial charge in [-0.15, -0.1) is 0 Å². The topological polar surface area (TPSA) is 75.1 Å². The standard InChI is InChI=1S/C15H17N3O2/c1-10-11(2)18-14(9-17-10)16-8-7-12-5-3-4-6-13(12)15(19)20/h3-6,9H,7-8H2,1-2H3,(H,16,18)(H,19,20). The number of rotatable bonds is 5. The molecule has 0 unspecified atom stereocenters. The minimum atomic E-state index is -0.897. The highest BCUT2D eigenvalue weighted by Crippen LogP contribution is 2.10. The van der Waals surface area contributed by atoms with Gasteiger partial charge in [-0.05, 0) is 31.9 Å². The third-order valence-electron chi connectivity index (χ3n) is 3.14. The molecule has 0 bridgehead atoms. The van der Waals surface area contributed by atoms with Gasteiger partial charge in [-0.3, -0.25) is 4.98 Å². The predicted octanol–water partition coefficient (Wildman–Crippen LogP) is 2.45. The van der Waals surface area contributed by atoms with E-state index >= 15 is 0 Å².